The number of anilines is 5. The van der Waals surface area contributed by atoms with Crippen LogP contribution in [0.3, 0.4) is 0 Å². The minimum absolute atomic E-state index is 0. The van der Waals surface area contributed by atoms with E-state index in [4.69, 9.17) is 62.7 Å². The van der Waals surface area contributed by atoms with Crippen LogP contribution in [0.25, 0.3) is 54.9 Å². The van der Waals surface area contributed by atoms with Crippen LogP contribution in [0.1, 0.15) is 91.3 Å². The van der Waals surface area contributed by atoms with Crippen LogP contribution in [0, 0.1) is 0 Å². The van der Waals surface area contributed by atoms with Crippen LogP contribution < -0.4 is 45.0 Å². The van der Waals surface area contributed by atoms with E-state index in [9.17, 15) is 4.79 Å². The van der Waals surface area contributed by atoms with E-state index in [0.29, 0.717) is 40.1 Å². The van der Waals surface area contributed by atoms with Crippen molar-refractivity contribution in [1.82, 2.24) is 56.3 Å². The standard InChI is InChI=1S/C19H22N6O.C12H15BrN4.C8H3BrCl2N2.C8H5BrClN3.C4H11N.H3N.H2O/c1-9-14-12(17(26)21-9)8-13(22-14)10-6-5-7-11-15(10)23-18(24-16(11)20)25-19(2,3)4;1-12(2,3)17-11-15-9-7(10(14)16-11)5-4-6-8(9)13;9-5-3-1-2-4-6(5)12-8(11)13-7(4)10;9-5-3-1-2-4-6(5)12-8(10)13-7(4)11;1-4(2,3)5;;/h5-9,22H,1-4H3,(H,21,26)(H3,20,23,24,25);4-6H,1-3H3,(H3,14,15,16,17);1-3H;1-3H,(H2,11,12,13);5H2,1-3H3;1H3;1H2/t9-;;;;;;/m1....../s1. The molecule has 9 aromatic rings. The van der Waals surface area contributed by atoms with Crippen molar-refractivity contribution < 1.29 is 10.3 Å². The highest BCUT2D eigenvalue weighted by molar-refractivity contribution is 9.11. The lowest BCUT2D eigenvalue weighted by Gasteiger charge is -2.21. The van der Waals surface area contributed by atoms with Crippen molar-refractivity contribution in [1.29, 1.82) is 0 Å². The Bertz CT molecular complexity index is 3440. The number of nitrogens with one attached hydrogen (secondary N) is 4. The number of halogens is 6. The van der Waals surface area contributed by atoms with Gasteiger partial charge in [-0.1, -0.05) is 41.9 Å². The summed E-state index contributed by atoms with van der Waals surface area (Å²) >= 11 is 27.4. The summed E-state index contributed by atoms with van der Waals surface area (Å²) in [6, 6.07) is 24.6. The molecule has 1 amide bonds. The van der Waals surface area contributed by atoms with Gasteiger partial charge in [-0.3, -0.25) is 4.79 Å². The van der Waals surface area contributed by atoms with Gasteiger partial charge in [0.15, 0.2) is 0 Å². The molecule has 4 aromatic carbocycles. The highest BCUT2D eigenvalue weighted by atomic mass is 79.9. The van der Waals surface area contributed by atoms with E-state index in [1.54, 1.807) is 0 Å². The Morgan fingerprint density at radius 1 is 0.553 bits per heavy atom. The molecule has 6 heterocycles. The fraction of sp³-hybridized carbons (Fsp3) is 0.275. The van der Waals surface area contributed by atoms with Gasteiger partial charge in [0, 0.05) is 62.8 Å². The number of nitrogens with two attached hydrogens (primary N) is 4. The molecule has 5 aromatic heterocycles. The van der Waals surface area contributed by atoms with Crippen molar-refractivity contribution in [2.45, 2.75) is 91.9 Å². The Morgan fingerprint density at radius 2 is 0.934 bits per heavy atom. The summed E-state index contributed by atoms with van der Waals surface area (Å²) in [6.45, 7) is 20.1. The molecule has 19 nitrogen and oxygen atoms in total. The smallest absolute Gasteiger partial charge is 0.253 e. The molecule has 1 aliphatic heterocycles. The highest BCUT2D eigenvalue weighted by Crippen LogP contribution is 2.35. The summed E-state index contributed by atoms with van der Waals surface area (Å²) in [5.74, 6) is 2.29. The SMILES string of the molecule is CC(C)(C)N.CC(C)(C)Nc1nc(N)c2cccc(Br)c2n1.C[C@H]1NC(=O)c2cc(-c3cccc4c(N)nc(NC(C)(C)C)nc34)[nH]c21.Clc1nc(Cl)c2cccc(Br)c2n1.N.Nc1nc(Cl)nc2c(Br)cccc12.O. The third-order valence-electron chi connectivity index (χ3n) is 9.88. The zero-order chi connectivity index (χ0) is 54.6. The second-order valence-electron chi connectivity index (χ2n) is 20.0. The largest absolute Gasteiger partial charge is 0.412 e. The number of aromatic amines is 1. The summed E-state index contributed by atoms with van der Waals surface area (Å²) in [5.41, 5.74) is 29.2. The zero-order valence-electron chi connectivity index (χ0n) is 43.4. The molecular weight excluding hydrogens is 1230 g/mol. The lowest BCUT2D eigenvalue weighted by atomic mass is 10.1. The number of rotatable bonds is 3. The molecule has 1 aliphatic rings. The number of aromatic nitrogens is 9. The van der Waals surface area contributed by atoms with Gasteiger partial charge in [0.1, 0.15) is 22.6 Å². The highest BCUT2D eigenvalue weighted by Gasteiger charge is 2.29. The van der Waals surface area contributed by atoms with E-state index in [-0.39, 0.29) is 50.8 Å². The molecule has 25 heteroatoms. The summed E-state index contributed by atoms with van der Waals surface area (Å²) in [5, 5.41) is 13.3. The number of nitrogens with zero attached hydrogens (tertiary/aromatic N) is 8. The maximum absolute atomic E-state index is 12.1. The van der Waals surface area contributed by atoms with Gasteiger partial charge in [0.25, 0.3) is 5.91 Å². The van der Waals surface area contributed by atoms with Gasteiger partial charge < -0.3 is 55.5 Å². The maximum Gasteiger partial charge on any atom is 0.253 e. The molecule has 0 spiro atoms. The first-order chi connectivity index (χ1) is 34.5. The van der Waals surface area contributed by atoms with Crippen LogP contribution >= 0.6 is 82.6 Å². The molecule has 0 bridgehead atoms. The second-order valence-corrected chi connectivity index (χ2v) is 23.6. The molecule has 0 radical (unpaired) electrons. The van der Waals surface area contributed by atoms with Crippen LogP contribution in [0.4, 0.5) is 29.4 Å². The Morgan fingerprint density at radius 3 is 1.39 bits per heavy atom. The normalized spacial score (nSPS) is 12.8. The Labute approximate surface area is 480 Å². The molecule has 404 valence electrons. The minimum atomic E-state index is -0.184. The third kappa shape index (κ3) is 16.6. The fourth-order valence-electron chi connectivity index (χ4n) is 6.97. The number of H-pyrrole nitrogens is 1. The number of benzene rings is 4. The van der Waals surface area contributed by atoms with E-state index in [2.05, 4.69) is 124 Å². The van der Waals surface area contributed by atoms with E-state index in [1.807, 2.05) is 127 Å². The van der Waals surface area contributed by atoms with Crippen LogP contribution in [-0.2, 0) is 0 Å². The molecule has 0 unspecified atom stereocenters. The van der Waals surface area contributed by atoms with Crippen molar-refractivity contribution in [3.8, 4) is 11.3 Å². The predicted octanol–water partition coefficient (Wildman–Crippen LogP) is 12.8. The summed E-state index contributed by atoms with van der Waals surface area (Å²) in [7, 11) is 0. The number of carbonyl (C=O) groups excluding carboxylic acids is 1. The lowest BCUT2D eigenvalue weighted by Crippen LogP contribution is -2.27. The van der Waals surface area contributed by atoms with Gasteiger partial charge in [-0.05, 0) is 189 Å². The number of carbonyl (C=O) groups is 1. The monoisotopic (exact) mass is 1290 g/mol. The number of hydrogen-bond acceptors (Lipinski definition) is 16. The molecule has 1 atom stereocenters. The van der Waals surface area contributed by atoms with Crippen LogP contribution in [-0.4, -0.2) is 72.9 Å². The topological polar surface area (TPSA) is 343 Å². The molecule has 0 fully saturated rings. The first kappa shape index (κ1) is 62.7. The quantitative estimate of drug-likeness (QED) is 0.0586. The van der Waals surface area contributed by atoms with Crippen LogP contribution in [0.15, 0.2) is 92.3 Å². The third-order valence-corrected chi connectivity index (χ3v) is 12.4. The van der Waals surface area contributed by atoms with Crippen molar-refractivity contribution in [3.05, 3.63) is 119 Å². The first-order valence-corrected chi connectivity index (χ1v) is 26.3. The molecule has 17 N–H and O–H groups in total. The van der Waals surface area contributed by atoms with Gasteiger partial charge in [0.2, 0.25) is 22.5 Å². The molecule has 0 saturated heterocycles. The number of amides is 1. The summed E-state index contributed by atoms with van der Waals surface area (Å²) in [4.78, 5) is 49.1. The number of para-hydroxylation sites is 4. The first-order valence-electron chi connectivity index (χ1n) is 22.8. The van der Waals surface area contributed by atoms with Crippen LogP contribution in [0.2, 0.25) is 15.7 Å². The van der Waals surface area contributed by atoms with Gasteiger partial charge in [-0.2, -0.15) is 9.97 Å². The number of nitrogen functional groups attached to an aromatic ring is 3. The van der Waals surface area contributed by atoms with Gasteiger partial charge >= 0.3 is 0 Å². The number of fused-ring (bicyclic) bond motifs is 5. The molecule has 76 heavy (non-hydrogen) atoms. The fourth-order valence-corrected chi connectivity index (χ4v) is 8.96. The van der Waals surface area contributed by atoms with Gasteiger partial charge in [0.05, 0.1) is 39.4 Å². The average Bonchev–Trinajstić information content (AvgIpc) is 3.83. The van der Waals surface area contributed by atoms with Crippen LogP contribution in [0.5, 0.6) is 0 Å². The van der Waals surface area contributed by atoms with Crippen molar-refractivity contribution in [2.75, 3.05) is 27.8 Å². The minimum Gasteiger partial charge on any atom is -0.412 e. The van der Waals surface area contributed by atoms with Crippen molar-refractivity contribution in [2.24, 2.45) is 5.73 Å². The zero-order valence-corrected chi connectivity index (χ0v) is 50.4. The van der Waals surface area contributed by atoms with E-state index >= 15 is 0 Å². The van der Waals surface area contributed by atoms with E-state index < -0.39 is 0 Å². The predicted molar refractivity (Wildman–Crippen MR) is 325 cm³/mol. The Hall–Kier alpha value is -5.82. The molecule has 10 rings (SSSR count). The second kappa shape index (κ2) is 25.6. The lowest BCUT2D eigenvalue weighted by molar-refractivity contribution is 0.0958. The van der Waals surface area contributed by atoms with E-state index in [1.165, 1.54) is 0 Å². The van der Waals surface area contributed by atoms with Crippen molar-refractivity contribution >= 4 is 161 Å². The summed E-state index contributed by atoms with van der Waals surface area (Å²) in [6.07, 6.45) is 0. The van der Waals surface area contributed by atoms with Crippen molar-refractivity contribution in [3.63, 3.8) is 0 Å². The Kier molecular flexibility index (Phi) is 21.1. The van der Waals surface area contributed by atoms with E-state index in [0.717, 1.165) is 74.0 Å². The Balaban J connectivity index is 0.000000219. The molecule has 0 saturated carbocycles. The average molecular weight is 1290 g/mol. The molecular formula is C51H61Br3Cl3N17O2. The van der Waals surface area contributed by atoms with Gasteiger partial charge in [-0.25, -0.2) is 29.9 Å². The number of hydrogen-bond donors (Lipinski definition) is 9. The molecule has 0 aliphatic carbocycles. The summed E-state index contributed by atoms with van der Waals surface area (Å²) < 4.78 is 2.64. The van der Waals surface area contributed by atoms with Gasteiger partial charge in [-0.15, -0.1) is 0 Å². The maximum atomic E-state index is 12.1.